The Balaban J connectivity index is 1.26. The molecule has 8 atom stereocenters. The van der Waals surface area contributed by atoms with Crippen LogP contribution in [-0.4, -0.2) is 11.2 Å². The van der Waals surface area contributed by atoms with E-state index in [9.17, 15) is 5.11 Å². The fourth-order valence-electron chi connectivity index (χ4n) is 9.20. The maximum atomic E-state index is 10.3. The van der Waals surface area contributed by atoms with Gasteiger partial charge >= 0.3 is 0 Å². The van der Waals surface area contributed by atoms with Gasteiger partial charge in [-0.15, -0.1) is 0 Å². The minimum absolute atomic E-state index is 0.0916. The molecule has 180 valence electrons. The monoisotopic (exact) mass is 446 g/mol. The van der Waals surface area contributed by atoms with Gasteiger partial charge in [0.2, 0.25) is 0 Å². The third-order valence-corrected chi connectivity index (χ3v) is 11.1. The number of fused-ring (bicyclic) bond motifs is 5. The van der Waals surface area contributed by atoms with Gasteiger partial charge in [-0.05, 0) is 123 Å². The fraction of sp³-hybridized carbons (Fsp3) is 0.688. The second-order valence-electron chi connectivity index (χ2n) is 12.7. The van der Waals surface area contributed by atoms with Gasteiger partial charge in [-0.1, -0.05) is 68.8 Å². The van der Waals surface area contributed by atoms with Crippen molar-refractivity contribution in [3.05, 3.63) is 53.6 Å². The molecule has 1 heteroatoms. The fourth-order valence-corrected chi connectivity index (χ4v) is 9.20. The van der Waals surface area contributed by atoms with Gasteiger partial charge in [0, 0.05) is 0 Å². The molecule has 3 saturated carbocycles. The predicted molar refractivity (Wildman–Crippen MR) is 140 cm³/mol. The van der Waals surface area contributed by atoms with Crippen molar-refractivity contribution < 1.29 is 5.11 Å². The highest BCUT2D eigenvalue weighted by atomic mass is 16.3. The molecule has 3 fully saturated rings. The van der Waals surface area contributed by atoms with Crippen LogP contribution in [0.4, 0.5) is 0 Å². The summed E-state index contributed by atoms with van der Waals surface area (Å²) >= 11 is 0. The van der Waals surface area contributed by atoms with Crippen molar-refractivity contribution in [2.75, 3.05) is 0 Å². The van der Waals surface area contributed by atoms with E-state index in [1.807, 2.05) is 0 Å². The van der Waals surface area contributed by atoms with Gasteiger partial charge in [0.05, 0.1) is 6.10 Å². The van der Waals surface area contributed by atoms with E-state index in [1.54, 1.807) is 5.57 Å². The number of rotatable bonds is 5. The van der Waals surface area contributed by atoms with E-state index < -0.39 is 0 Å². The first-order chi connectivity index (χ1) is 15.8. The number of hydrogen-bond acceptors (Lipinski definition) is 1. The highest BCUT2D eigenvalue weighted by Gasteiger charge is 2.59. The normalized spacial score (nSPS) is 41.5. The molecule has 0 saturated heterocycles. The maximum Gasteiger partial charge on any atom is 0.0577 e. The Bertz CT molecular complexity index is 896. The Morgan fingerprint density at radius 3 is 2.64 bits per heavy atom. The summed E-state index contributed by atoms with van der Waals surface area (Å²) in [4.78, 5) is 0. The summed E-state index contributed by atoms with van der Waals surface area (Å²) in [5, 5.41) is 10.3. The van der Waals surface area contributed by atoms with Crippen LogP contribution in [0.15, 0.2) is 48.1 Å². The number of hydrogen-bond donors (Lipinski definition) is 1. The molecule has 1 nitrogen and oxygen atoms in total. The Hall–Kier alpha value is -1.34. The van der Waals surface area contributed by atoms with E-state index >= 15 is 0 Å². The van der Waals surface area contributed by atoms with E-state index in [0.29, 0.717) is 10.8 Å². The van der Waals surface area contributed by atoms with Crippen LogP contribution in [0.1, 0.15) is 97.5 Å². The first-order valence-corrected chi connectivity index (χ1v) is 13.9. The lowest BCUT2D eigenvalue weighted by Crippen LogP contribution is -2.50. The minimum Gasteiger partial charge on any atom is -0.393 e. The molecule has 0 radical (unpaired) electrons. The standard InChI is InChI=1S/C32H46O/c1-22(24-11-6-5-7-12-24)9-8-10-23(2)28-15-16-29-27-14-13-25-21-26(33)17-19-31(25,3)30(27)18-20-32(28,29)4/h5-7,9,11-13,23,26-30,33H,8,10,14-21H2,1-4H3. The quantitative estimate of drug-likeness (QED) is 0.450. The average molecular weight is 447 g/mol. The molecule has 0 amide bonds. The molecular weight excluding hydrogens is 400 g/mol. The Labute approximate surface area is 202 Å². The van der Waals surface area contributed by atoms with Crippen molar-refractivity contribution in [3.63, 3.8) is 0 Å². The van der Waals surface area contributed by atoms with Crippen molar-refractivity contribution in [2.45, 2.75) is 98.0 Å². The second kappa shape index (κ2) is 9.03. The van der Waals surface area contributed by atoms with Gasteiger partial charge in [0.15, 0.2) is 0 Å². The Morgan fingerprint density at radius 1 is 1.06 bits per heavy atom. The molecule has 8 unspecified atom stereocenters. The van der Waals surface area contributed by atoms with Crippen LogP contribution in [0, 0.1) is 40.4 Å². The van der Waals surface area contributed by atoms with Crippen molar-refractivity contribution in [3.8, 4) is 0 Å². The zero-order chi connectivity index (χ0) is 23.2. The third kappa shape index (κ3) is 4.07. The molecule has 1 N–H and O–H groups in total. The summed E-state index contributed by atoms with van der Waals surface area (Å²) in [6.45, 7) is 10.1. The minimum atomic E-state index is -0.0916. The lowest BCUT2D eigenvalue weighted by molar-refractivity contribution is -0.0570. The van der Waals surface area contributed by atoms with E-state index in [2.05, 4.69) is 70.2 Å². The SMILES string of the molecule is CC(=CCCC(C)C1CCC2C3CC=C4CC(O)CCC4(C)C3CCC12C)c1ccccc1. The number of aliphatic hydroxyl groups is 1. The molecule has 33 heavy (non-hydrogen) atoms. The molecular formula is C32H46O. The van der Waals surface area contributed by atoms with Gasteiger partial charge in [-0.25, -0.2) is 0 Å². The molecule has 1 aromatic rings. The predicted octanol–water partition coefficient (Wildman–Crippen LogP) is 8.45. The van der Waals surface area contributed by atoms with E-state index in [1.165, 1.54) is 62.5 Å². The van der Waals surface area contributed by atoms with Crippen LogP contribution in [0.5, 0.6) is 0 Å². The maximum absolute atomic E-state index is 10.3. The highest BCUT2D eigenvalue weighted by molar-refractivity contribution is 5.63. The molecule has 0 aliphatic heterocycles. The molecule has 5 rings (SSSR count). The van der Waals surface area contributed by atoms with Crippen LogP contribution >= 0.6 is 0 Å². The number of aliphatic hydroxyl groups excluding tert-OH is 1. The Morgan fingerprint density at radius 2 is 1.85 bits per heavy atom. The molecule has 4 aliphatic rings. The van der Waals surface area contributed by atoms with Gasteiger partial charge in [0.25, 0.3) is 0 Å². The van der Waals surface area contributed by atoms with Crippen LogP contribution in [0.2, 0.25) is 0 Å². The molecule has 0 heterocycles. The molecule has 0 bridgehead atoms. The van der Waals surface area contributed by atoms with E-state index in [-0.39, 0.29) is 6.10 Å². The number of allylic oxidation sites excluding steroid dienone is 3. The molecule has 0 aromatic heterocycles. The van der Waals surface area contributed by atoms with E-state index in [0.717, 1.165) is 42.4 Å². The second-order valence-corrected chi connectivity index (χ2v) is 12.7. The van der Waals surface area contributed by atoms with Crippen molar-refractivity contribution in [1.82, 2.24) is 0 Å². The summed E-state index contributed by atoms with van der Waals surface area (Å²) in [5.74, 6) is 4.34. The summed E-state index contributed by atoms with van der Waals surface area (Å²) in [5.41, 5.74) is 5.30. The third-order valence-electron chi connectivity index (χ3n) is 11.1. The summed E-state index contributed by atoms with van der Waals surface area (Å²) in [7, 11) is 0. The van der Waals surface area contributed by atoms with E-state index in [4.69, 9.17) is 0 Å². The summed E-state index contributed by atoms with van der Waals surface area (Å²) in [6.07, 6.45) is 17.7. The molecule has 0 spiro atoms. The van der Waals surface area contributed by atoms with Crippen molar-refractivity contribution in [2.24, 2.45) is 40.4 Å². The van der Waals surface area contributed by atoms with Crippen LogP contribution in [0.25, 0.3) is 5.57 Å². The van der Waals surface area contributed by atoms with Gasteiger partial charge in [0.1, 0.15) is 0 Å². The van der Waals surface area contributed by atoms with Crippen LogP contribution in [0.3, 0.4) is 0 Å². The van der Waals surface area contributed by atoms with Crippen LogP contribution < -0.4 is 0 Å². The number of benzene rings is 1. The highest BCUT2D eigenvalue weighted by Crippen LogP contribution is 2.67. The average Bonchev–Trinajstić information content (AvgIpc) is 3.17. The van der Waals surface area contributed by atoms with Crippen LogP contribution in [-0.2, 0) is 0 Å². The van der Waals surface area contributed by atoms with Crippen molar-refractivity contribution >= 4 is 5.57 Å². The first kappa shape index (κ1) is 23.4. The zero-order valence-corrected chi connectivity index (χ0v) is 21.5. The van der Waals surface area contributed by atoms with Gasteiger partial charge < -0.3 is 5.11 Å². The largest absolute Gasteiger partial charge is 0.393 e. The molecule has 1 aromatic carbocycles. The zero-order valence-electron chi connectivity index (χ0n) is 21.5. The summed E-state index contributed by atoms with van der Waals surface area (Å²) < 4.78 is 0. The molecule has 4 aliphatic carbocycles. The van der Waals surface area contributed by atoms with Crippen molar-refractivity contribution in [1.29, 1.82) is 0 Å². The first-order valence-electron chi connectivity index (χ1n) is 13.9. The lowest BCUT2D eigenvalue weighted by atomic mass is 9.47. The summed E-state index contributed by atoms with van der Waals surface area (Å²) in [6, 6.07) is 10.8. The van der Waals surface area contributed by atoms with Gasteiger partial charge in [-0.2, -0.15) is 0 Å². The Kier molecular flexibility index (Phi) is 6.40. The van der Waals surface area contributed by atoms with Gasteiger partial charge in [-0.3, -0.25) is 0 Å². The topological polar surface area (TPSA) is 20.2 Å². The lowest BCUT2D eigenvalue weighted by Gasteiger charge is -2.58. The smallest absolute Gasteiger partial charge is 0.0577 e.